The van der Waals surface area contributed by atoms with E-state index in [0.717, 1.165) is 56.1 Å². The van der Waals surface area contributed by atoms with Crippen molar-refractivity contribution in [1.82, 2.24) is 9.80 Å². The van der Waals surface area contributed by atoms with Gasteiger partial charge in [0.15, 0.2) is 5.78 Å². The minimum Gasteiger partial charge on any atom is -0.356 e. The molecule has 4 heteroatoms. The van der Waals surface area contributed by atoms with Gasteiger partial charge in [-0.25, -0.2) is 4.99 Å². The van der Waals surface area contributed by atoms with Crippen LogP contribution in [0.2, 0.25) is 0 Å². The standard InChI is InChI=1S/C28H29N3O/c1-22-8-10-23(11-9-22)21-30-16-5-17-31(19-18-30)27-20-26(24-6-3-2-4-7-24)28(29-27)14-12-25(32)13-15-28/h2-4,6-15,20H,5,16-19,21H2,1H3. The summed E-state index contributed by atoms with van der Waals surface area (Å²) in [5.41, 5.74) is 4.37. The second-order valence-corrected chi connectivity index (χ2v) is 8.89. The first-order chi connectivity index (χ1) is 15.6. The van der Waals surface area contributed by atoms with Gasteiger partial charge in [-0.1, -0.05) is 60.2 Å². The molecule has 0 aromatic heterocycles. The minimum absolute atomic E-state index is 0.0215. The Kier molecular flexibility index (Phi) is 5.62. The molecular weight excluding hydrogens is 394 g/mol. The SMILES string of the molecule is Cc1ccc(CN2CCCN(C3=NC4(C=CC(=O)C=C4)C(c4ccccc4)=C3)CC2)cc1. The number of ketones is 1. The molecule has 0 atom stereocenters. The van der Waals surface area contributed by atoms with Gasteiger partial charge in [0.1, 0.15) is 11.4 Å². The fraction of sp³-hybridized carbons (Fsp3) is 0.286. The van der Waals surface area contributed by atoms with Crippen LogP contribution < -0.4 is 0 Å². The van der Waals surface area contributed by atoms with Gasteiger partial charge in [-0.15, -0.1) is 0 Å². The number of hydrogen-bond acceptors (Lipinski definition) is 4. The first-order valence-electron chi connectivity index (χ1n) is 11.4. The second-order valence-electron chi connectivity index (χ2n) is 8.89. The molecule has 2 aromatic carbocycles. The van der Waals surface area contributed by atoms with Crippen LogP contribution >= 0.6 is 0 Å². The lowest BCUT2D eigenvalue weighted by atomic mass is 9.83. The van der Waals surface area contributed by atoms with E-state index in [1.807, 2.05) is 18.2 Å². The third-order valence-electron chi connectivity index (χ3n) is 6.53. The molecule has 1 fully saturated rings. The summed E-state index contributed by atoms with van der Waals surface area (Å²) in [6.45, 7) is 7.16. The van der Waals surface area contributed by atoms with Crippen molar-refractivity contribution in [3.63, 3.8) is 0 Å². The van der Waals surface area contributed by atoms with Crippen LogP contribution in [-0.2, 0) is 11.3 Å². The zero-order valence-electron chi connectivity index (χ0n) is 18.6. The Morgan fingerprint density at radius 1 is 0.906 bits per heavy atom. The van der Waals surface area contributed by atoms with Crippen molar-refractivity contribution < 1.29 is 4.79 Å². The molecule has 0 bridgehead atoms. The van der Waals surface area contributed by atoms with Gasteiger partial charge in [-0.05, 0) is 60.4 Å². The molecule has 0 amide bonds. The van der Waals surface area contributed by atoms with Crippen molar-refractivity contribution >= 4 is 17.2 Å². The summed E-state index contributed by atoms with van der Waals surface area (Å²) in [6, 6.07) is 19.2. The van der Waals surface area contributed by atoms with Gasteiger partial charge in [-0.3, -0.25) is 9.69 Å². The van der Waals surface area contributed by atoms with Crippen molar-refractivity contribution in [1.29, 1.82) is 0 Å². The number of aliphatic imine (C=N–C) groups is 1. The Labute approximate surface area is 190 Å². The number of carbonyl (C=O) groups is 1. The Morgan fingerprint density at radius 3 is 2.41 bits per heavy atom. The van der Waals surface area contributed by atoms with Gasteiger partial charge in [0.25, 0.3) is 0 Å². The number of allylic oxidation sites excluding steroid dienone is 2. The van der Waals surface area contributed by atoms with Gasteiger partial charge < -0.3 is 4.90 Å². The van der Waals surface area contributed by atoms with Crippen LogP contribution in [0.3, 0.4) is 0 Å². The molecule has 1 spiro atoms. The molecular formula is C28H29N3O. The smallest absolute Gasteiger partial charge is 0.178 e. The van der Waals surface area contributed by atoms with Gasteiger partial charge in [0, 0.05) is 32.7 Å². The van der Waals surface area contributed by atoms with Gasteiger partial charge >= 0.3 is 0 Å². The summed E-state index contributed by atoms with van der Waals surface area (Å²) in [7, 11) is 0. The molecule has 0 unspecified atom stereocenters. The molecule has 0 saturated carbocycles. The molecule has 2 aliphatic heterocycles. The van der Waals surface area contributed by atoms with Gasteiger partial charge in [-0.2, -0.15) is 0 Å². The normalized spacial score (nSPS) is 20.4. The van der Waals surface area contributed by atoms with E-state index in [1.165, 1.54) is 11.1 Å². The molecule has 2 heterocycles. The predicted octanol–water partition coefficient (Wildman–Crippen LogP) is 4.43. The fourth-order valence-electron chi connectivity index (χ4n) is 4.71. The van der Waals surface area contributed by atoms with E-state index < -0.39 is 5.54 Å². The maximum Gasteiger partial charge on any atom is 0.178 e. The highest BCUT2D eigenvalue weighted by molar-refractivity contribution is 6.09. The molecule has 32 heavy (non-hydrogen) atoms. The lowest BCUT2D eigenvalue weighted by Crippen LogP contribution is -2.34. The quantitative estimate of drug-likeness (QED) is 0.733. The first kappa shape index (κ1) is 20.7. The lowest BCUT2D eigenvalue weighted by molar-refractivity contribution is -0.110. The van der Waals surface area contributed by atoms with E-state index in [9.17, 15) is 4.79 Å². The number of hydrogen-bond donors (Lipinski definition) is 0. The number of aryl methyl sites for hydroxylation is 1. The van der Waals surface area contributed by atoms with E-state index in [1.54, 1.807) is 12.2 Å². The van der Waals surface area contributed by atoms with E-state index in [-0.39, 0.29) is 5.78 Å². The molecule has 5 rings (SSSR count). The summed E-state index contributed by atoms with van der Waals surface area (Å²) < 4.78 is 0. The zero-order chi connectivity index (χ0) is 22.0. The molecule has 4 nitrogen and oxygen atoms in total. The van der Waals surface area contributed by atoms with Crippen molar-refractivity contribution in [3.8, 4) is 0 Å². The highest BCUT2D eigenvalue weighted by Crippen LogP contribution is 2.39. The molecule has 1 saturated heterocycles. The summed E-state index contributed by atoms with van der Waals surface area (Å²) in [6.07, 6.45) is 10.5. The molecule has 1 aliphatic carbocycles. The number of amidine groups is 1. The Morgan fingerprint density at radius 2 is 1.66 bits per heavy atom. The Hall–Kier alpha value is -3.24. The van der Waals surface area contributed by atoms with Crippen molar-refractivity contribution in [2.24, 2.45) is 4.99 Å². The molecule has 2 aromatic rings. The largest absolute Gasteiger partial charge is 0.356 e. The van der Waals surface area contributed by atoms with E-state index in [0.29, 0.717) is 0 Å². The maximum absolute atomic E-state index is 11.8. The van der Waals surface area contributed by atoms with Crippen molar-refractivity contribution in [2.45, 2.75) is 25.4 Å². The first-order valence-corrected chi connectivity index (χ1v) is 11.4. The molecule has 3 aliphatic rings. The predicted molar refractivity (Wildman–Crippen MR) is 131 cm³/mol. The van der Waals surface area contributed by atoms with E-state index in [2.05, 4.69) is 71.3 Å². The Balaban J connectivity index is 1.36. The summed E-state index contributed by atoms with van der Waals surface area (Å²) >= 11 is 0. The van der Waals surface area contributed by atoms with Crippen LogP contribution in [-0.4, -0.2) is 53.1 Å². The van der Waals surface area contributed by atoms with E-state index >= 15 is 0 Å². The van der Waals surface area contributed by atoms with Crippen LogP contribution in [0.4, 0.5) is 0 Å². The van der Waals surface area contributed by atoms with Crippen LogP contribution in [0.1, 0.15) is 23.1 Å². The number of benzene rings is 2. The topological polar surface area (TPSA) is 35.9 Å². The highest BCUT2D eigenvalue weighted by Gasteiger charge is 2.37. The summed E-state index contributed by atoms with van der Waals surface area (Å²) in [5.74, 6) is 1.04. The van der Waals surface area contributed by atoms with Crippen LogP contribution in [0.25, 0.3) is 5.57 Å². The minimum atomic E-state index is -0.585. The summed E-state index contributed by atoms with van der Waals surface area (Å²) in [4.78, 5) is 21.9. The number of nitrogens with zero attached hydrogens (tertiary/aromatic N) is 3. The summed E-state index contributed by atoms with van der Waals surface area (Å²) in [5, 5.41) is 0. The Bertz CT molecular complexity index is 1090. The molecule has 0 N–H and O–H groups in total. The molecule has 0 radical (unpaired) electrons. The highest BCUT2D eigenvalue weighted by atomic mass is 16.1. The third kappa shape index (κ3) is 4.23. The second kappa shape index (κ2) is 8.71. The monoisotopic (exact) mass is 423 g/mol. The maximum atomic E-state index is 11.8. The van der Waals surface area contributed by atoms with E-state index in [4.69, 9.17) is 4.99 Å². The zero-order valence-corrected chi connectivity index (χ0v) is 18.6. The lowest BCUT2D eigenvalue weighted by Gasteiger charge is -2.25. The molecule has 162 valence electrons. The van der Waals surface area contributed by atoms with Crippen LogP contribution in [0, 0.1) is 6.92 Å². The van der Waals surface area contributed by atoms with Gasteiger partial charge in [0.2, 0.25) is 0 Å². The van der Waals surface area contributed by atoms with Crippen molar-refractivity contribution in [3.05, 3.63) is 102 Å². The third-order valence-corrected chi connectivity index (χ3v) is 6.53. The van der Waals surface area contributed by atoms with Crippen LogP contribution in [0.5, 0.6) is 0 Å². The van der Waals surface area contributed by atoms with Crippen LogP contribution in [0.15, 0.2) is 90.0 Å². The van der Waals surface area contributed by atoms with Crippen molar-refractivity contribution in [2.75, 3.05) is 26.2 Å². The average Bonchev–Trinajstić information content (AvgIpc) is 3.02. The van der Waals surface area contributed by atoms with Gasteiger partial charge in [0.05, 0.1) is 0 Å². The fourth-order valence-corrected chi connectivity index (χ4v) is 4.71. The number of carbonyl (C=O) groups excluding carboxylic acids is 1. The number of rotatable bonds is 3. The average molecular weight is 424 g/mol.